The third kappa shape index (κ3) is 8.57. The van der Waals surface area contributed by atoms with Gasteiger partial charge in [-0.15, -0.1) is 0 Å². The van der Waals surface area contributed by atoms with Crippen molar-refractivity contribution in [2.75, 3.05) is 33.7 Å². The summed E-state index contributed by atoms with van der Waals surface area (Å²) in [5, 5.41) is 8.45. The Morgan fingerprint density at radius 2 is 1.76 bits per heavy atom. The zero-order valence-electron chi connectivity index (χ0n) is 25.1. The third-order valence-corrected chi connectivity index (χ3v) is 7.72. The van der Waals surface area contributed by atoms with Crippen molar-refractivity contribution in [3.8, 4) is 0 Å². The number of nitrogens with zero attached hydrogens (tertiary/aromatic N) is 2. The number of allylic oxidation sites excluding steroid dienone is 6. The molecule has 1 aromatic carbocycles. The van der Waals surface area contributed by atoms with E-state index in [9.17, 15) is 0 Å². The fourth-order valence-electron chi connectivity index (χ4n) is 5.61. The molecule has 1 aliphatic rings. The Labute approximate surface area is 228 Å². The second kappa shape index (κ2) is 15.1. The lowest BCUT2D eigenvalue weighted by Gasteiger charge is -2.36. The molecular weight excluding hydrogens is 450 g/mol. The van der Waals surface area contributed by atoms with E-state index in [0.717, 1.165) is 63.0 Å². The molecule has 1 aliphatic heterocycles. The largest absolute Gasteiger partial charge is 0.374 e. The summed E-state index contributed by atoms with van der Waals surface area (Å²) in [6.07, 6.45) is 11.9. The van der Waals surface area contributed by atoms with Crippen LogP contribution < -0.4 is 0 Å². The number of benzene rings is 1. The Morgan fingerprint density at radius 1 is 1.11 bits per heavy atom. The van der Waals surface area contributed by atoms with Gasteiger partial charge in [-0.05, 0) is 112 Å². The first-order valence-electron chi connectivity index (χ1n) is 14.5. The predicted octanol–water partition coefficient (Wildman–Crippen LogP) is 8.93. The highest BCUT2D eigenvalue weighted by molar-refractivity contribution is 5.97. The highest BCUT2D eigenvalue weighted by Gasteiger charge is 2.23. The van der Waals surface area contributed by atoms with Crippen LogP contribution in [0.1, 0.15) is 102 Å². The molecule has 3 nitrogen and oxygen atoms in total. The number of hydrogen-bond acceptors (Lipinski definition) is 3. The molecule has 204 valence electrons. The van der Waals surface area contributed by atoms with E-state index < -0.39 is 0 Å². The standard InChI is InChI=1S/C34H53N3/c1-10-14-32(28(12-3)22-26(6)34(35)15-11-2)31(13-4)33-23-30(17-16-25(33)5)29-18-20-37(21-19-29)27(7)24-36(8)9/h12,16-17,22-23,29,35H,7,10-11,13-15,18-21,24H2,1-6,8-9H3/b26-22-,28-12+,32-31+,35-34?. The van der Waals surface area contributed by atoms with Gasteiger partial charge < -0.3 is 15.2 Å². The lowest BCUT2D eigenvalue weighted by atomic mass is 9.83. The fraction of sp³-hybridized carbons (Fsp3) is 0.559. The first-order chi connectivity index (χ1) is 17.7. The molecule has 1 N–H and O–H groups in total. The molecule has 0 amide bonds. The summed E-state index contributed by atoms with van der Waals surface area (Å²) in [7, 11) is 4.23. The topological polar surface area (TPSA) is 30.3 Å². The van der Waals surface area contributed by atoms with Crippen LogP contribution in [0.4, 0.5) is 0 Å². The number of likely N-dealkylation sites (tertiary alicyclic amines) is 1. The van der Waals surface area contributed by atoms with E-state index in [-0.39, 0.29) is 0 Å². The van der Waals surface area contributed by atoms with E-state index in [1.54, 1.807) is 0 Å². The summed E-state index contributed by atoms with van der Waals surface area (Å²) >= 11 is 0. The van der Waals surface area contributed by atoms with E-state index in [0.29, 0.717) is 5.92 Å². The minimum Gasteiger partial charge on any atom is -0.374 e. The van der Waals surface area contributed by atoms with Crippen LogP contribution >= 0.6 is 0 Å². The van der Waals surface area contributed by atoms with Crippen LogP contribution in [0.5, 0.6) is 0 Å². The van der Waals surface area contributed by atoms with E-state index >= 15 is 0 Å². The van der Waals surface area contributed by atoms with E-state index in [1.165, 1.54) is 51.9 Å². The number of aryl methyl sites for hydroxylation is 1. The smallest absolute Gasteiger partial charge is 0.0371 e. The lowest BCUT2D eigenvalue weighted by molar-refractivity contribution is 0.243. The van der Waals surface area contributed by atoms with Crippen molar-refractivity contribution >= 4 is 11.3 Å². The normalized spacial score (nSPS) is 16.3. The van der Waals surface area contributed by atoms with Crippen LogP contribution in [-0.2, 0) is 0 Å². The maximum absolute atomic E-state index is 8.45. The molecule has 3 heteroatoms. The third-order valence-electron chi connectivity index (χ3n) is 7.72. The monoisotopic (exact) mass is 503 g/mol. The van der Waals surface area contributed by atoms with Gasteiger partial charge in [0.2, 0.25) is 0 Å². The van der Waals surface area contributed by atoms with Crippen LogP contribution in [0.25, 0.3) is 5.57 Å². The van der Waals surface area contributed by atoms with E-state index in [4.69, 9.17) is 5.41 Å². The Bertz CT molecular complexity index is 1010. The van der Waals surface area contributed by atoms with Crippen molar-refractivity contribution in [3.05, 3.63) is 76.0 Å². The molecular formula is C34H53N3. The van der Waals surface area contributed by atoms with Crippen molar-refractivity contribution in [2.24, 2.45) is 0 Å². The van der Waals surface area contributed by atoms with Gasteiger partial charge in [0.25, 0.3) is 0 Å². The quantitative estimate of drug-likeness (QED) is 0.215. The first kappa shape index (κ1) is 30.8. The Kier molecular flexibility index (Phi) is 12.6. The Morgan fingerprint density at radius 3 is 2.30 bits per heavy atom. The Balaban J connectivity index is 2.41. The molecule has 0 bridgehead atoms. The number of nitrogens with one attached hydrogen (secondary N) is 1. The molecule has 0 atom stereocenters. The number of piperidine rings is 1. The van der Waals surface area contributed by atoms with Crippen LogP contribution in [0.3, 0.4) is 0 Å². The second-order valence-electron chi connectivity index (χ2n) is 11.0. The maximum Gasteiger partial charge on any atom is 0.0371 e. The predicted molar refractivity (Wildman–Crippen MR) is 165 cm³/mol. The highest BCUT2D eigenvalue weighted by atomic mass is 15.2. The van der Waals surface area contributed by atoms with Gasteiger partial charge in [-0.25, -0.2) is 0 Å². The maximum atomic E-state index is 8.45. The average molecular weight is 504 g/mol. The van der Waals surface area contributed by atoms with Gasteiger partial charge in [0.05, 0.1) is 0 Å². The molecule has 1 saturated heterocycles. The molecule has 0 spiro atoms. The molecule has 1 heterocycles. The van der Waals surface area contributed by atoms with Crippen molar-refractivity contribution in [2.45, 2.75) is 92.4 Å². The minimum atomic E-state index is 0.605. The Hall–Kier alpha value is -2.39. The van der Waals surface area contributed by atoms with Gasteiger partial charge in [-0.1, -0.05) is 70.5 Å². The molecule has 0 saturated carbocycles. The molecule has 1 fully saturated rings. The van der Waals surface area contributed by atoms with Gasteiger partial charge in [0.1, 0.15) is 0 Å². The number of rotatable bonds is 13. The minimum absolute atomic E-state index is 0.605. The van der Waals surface area contributed by atoms with Crippen LogP contribution in [0.2, 0.25) is 0 Å². The van der Waals surface area contributed by atoms with Gasteiger partial charge in [0, 0.05) is 31.0 Å². The zero-order valence-corrected chi connectivity index (χ0v) is 25.1. The van der Waals surface area contributed by atoms with Gasteiger partial charge in [0.15, 0.2) is 0 Å². The van der Waals surface area contributed by atoms with E-state index in [2.05, 4.69) is 102 Å². The zero-order chi connectivity index (χ0) is 27.5. The van der Waals surface area contributed by atoms with Gasteiger partial charge in [-0.2, -0.15) is 0 Å². The molecule has 0 aromatic heterocycles. The second-order valence-corrected chi connectivity index (χ2v) is 11.0. The van der Waals surface area contributed by atoms with Crippen molar-refractivity contribution in [1.29, 1.82) is 5.41 Å². The molecule has 1 aromatic rings. The summed E-state index contributed by atoms with van der Waals surface area (Å²) in [6, 6.07) is 7.21. The van der Waals surface area contributed by atoms with Crippen LogP contribution in [0, 0.1) is 12.3 Å². The van der Waals surface area contributed by atoms with Gasteiger partial charge in [-0.3, -0.25) is 0 Å². The summed E-state index contributed by atoms with van der Waals surface area (Å²) < 4.78 is 0. The number of hydrogen-bond donors (Lipinski definition) is 1. The van der Waals surface area contributed by atoms with Crippen molar-refractivity contribution in [1.82, 2.24) is 9.80 Å². The summed E-state index contributed by atoms with van der Waals surface area (Å²) in [6.45, 7) is 20.7. The SMILES string of the molecule is C=C(CN(C)C)N1CCC(c2ccc(C)c(/C(CC)=C(CCC)/C(/C=C(/C)C(=N)CCC)=C/C)c2)CC1. The lowest BCUT2D eigenvalue weighted by Crippen LogP contribution is -2.35. The van der Waals surface area contributed by atoms with Crippen molar-refractivity contribution in [3.63, 3.8) is 0 Å². The molecule has 0 radical (unpaired) electrons. The van der Waals surface area contributed by atoms with Gasteiger partial charge >= 0.3 is 0 Å². The summed E-state index contributed by atoms with van der Waals surface area (Å²) in [5.74, 6) is 0.605. The molecule has 37 heavy (non-hydrogen) atoms. The average Bonchev–Trinajstić information content (AvgIpc) is 2.88. The molecule has 2 rings (SSSR count). The number of likely N-dealkylation sites (N-methyl/N-ethyl adjacent to an activating group) is 1. The fourth-order valence-corrected chi connectivity index (χ4v) is 5.61. The van der Waals surface area contributed by atoms with Crippen LogP contribution in [0.15, 0.2) is 59.3 Å². The summed E-state index contributed by atoms with van der Waals surface area (Å²) in [5.41, 5.74) is 11.6. The first-order valence-corrected chi connectivity index (χ1v) is 14.5. The summed E-state index contributed by atoms with van der Waals surface area (Å²) in [4.78, 5) is 4.68. The van der Waals surface area contributed by atoms with E-state index in [1.807, 2.05) is 0 Å². The van der Waals surface area contributed by atoms with Crippen LogP contribution in [-0.4, -0.2) is 49.2 Å². The molecule has 0 unspecified atom stereocenters. The van der Waals surface area contributed by atoms with Crippen molar-refractivity contribution < 1.29 is 0 Å². The molecule has 0 aliphatic carbocycles. The highest BCUT2D eigenvalue weighted by Crippen LogP contribution is 2.36.